The molecule has 140 valence electrons. The van der Waals surface area contributed by atoms with Crippen LogP contribution in [0.4, 0.5) is 0 Å². The third-order valence-electron chi connectivity index (χ3n) is 5.58. The monoisotopic (exact) mass is 357 g/mol. The summed E-state index contributed by atoms with van der Waals surface area (Å²) in [5, 5.41) is 2.87. The van der Waals surface area contributed by atoms with E-state index in [1.54, 1.807) is 16.8 Å². The topological polar surface area (TPSA) is 69.7 Å². The van der Waals surface area contributed by atoms with E-state index < -0.39 is 6.04 Å². The maximum Gasteiger partial charge on any atom is 0.242 e. The first-order valence-corrected chi connectivity index (χ1v) is 9.38. The maximum atomic E-state index is 12.9. The van der Waals surface area contributed by atoms with Crippen molar-refractivity contribution < 1.29 is 14.4 Å². The fourth-order valence-electron chi connectivity index (χ4n) is 3.92. The molecule has 3 atom stereocenters. The summed E-state index contributed by atoms with van der Waals surface area (Å²) in [5.41, 5.74) is 1.06. The molecule has 3 amide bonds. The molecule has 26 heavy (non-hydrogen) atoms. The van der Waals surface area contributed by atoms with Crippen molar-refractivity contribution in [1.82, 2.24) is 15.1 Å². The Morgan fingerprint density at radius 2 is 1.96 bits per heavy atom. The molecule has 0 aromatic heterocycles. The molecule has 0 aliphatic carbocycles. The van der Waals surface area contributed by atoms with Gasteiger partial charge in [-0.3, -0.25) is 14.4 Å². The van der Waals surface area contributed by atoms with Crippen molar-refractivity contribution in [3.63, 3.8) is 0 Å². The van der Waals surface area contributed by atoms with E-state index in [2.05, 4.69) is 5.32 Å². The second-order valence-electron chi connectivity index (χ2n) is 7.29. The van der Waals surface area contributed by atoms with E-state index in [0.717, 1.165) is 18.4 Å². The normalized spacial score (nSPS) is 24.8. The number of nitrogens with zero attached hydrogens (tertiary/aromatic N) is 2. The smallest absolute Gasteiger partial charge is 0.242 e. The lowest BCUT2D eigenvalue weighted by molar-refractivity contribution is -0.141. The van der Waals surface area contributed by atoms with Gasteiger partial charge in [0.25, 0.3) is 0 Å². The number of likely N-dealkylation sites (N-methyl/N-ethyl adjacent to an activating group) is 1. The highest BCUT2D eigenvalue weighted by atomic mass is 16.2. The highest BCUT2D eigenvalue weighted by Gasteiger charge is 2.40. The lowest BCUT2D eigenvalue weighted by Gasteiger charge is -2.29. The van der Waals surface area contributed by atoms with E-state index in [1.165, 1.54) is 0 Å². The van der Waals surface area contributed by atoms with Gasteiger partial charge in [-0.05, 0) is 31.7 Å². The van der Waals surface area contributed by atoms with Crippen molar-refractivity contribution in [2.75, 3.05) is 20.1 Å². The number of hydrogen-bond acceptors (Lipinski definition) is 3. The molecule has 2 heterocycles. The molecule has 6 nitrogen and oxygen atoms in total. The summed E-state index contributed by atoms with van der Waals surface area (Å²) >= 11 is 0. The van der Waals surface area contributed by atoms with Gasteiger partial charge >= 0.3 is 0 Å². The van der Waals surface area contributed by atoms with Gasteiger partial charge in [0.2, 0.25) is 17.7 Å². The van der Waals surface area contributed by atoms with E-state index in [0.29, 0.717) is 19.5 Å². The summed E-state index contributed by atoms with van der Waals surface area (Å²) < 4.78 is 0. The molecule has 0 spiro atoms. The SMILES string of the molecule is CC(c1ccccc1)N1CC(C(=O)N(C)C2CCCCNC2=O)CC1=O. The second kappa shape index (κ2) is 7.89. The highest BCUT2D eigenvalue weighted by molar-refractivity contribution is 5.92. The Labute approximate surface area is 154 Å². The number of benzene rings is 1. The van der Waals surface area contributed by atoms with Crippen LogP contribution >= 0.6 is 0 Å². The van der Waals surface area contributed by atoms with Crippen LogP contribution in [0.15, 0.2) is 30.3 Å². The maximum absolute atomic E-state index is 12.9. The van der Waals surface area contributed by atoms with E-state index in [4.69, 9.17) is 0 Å². The molecule has 2 saturated heterocycles. The molecular weight excluding hydrogens is 330 g/mol. The molecule has 2 aliphatic heterocycles. The van der Waals surface area contributed by atoms with Crippen LogP contribution in [0.5, 0.6) is 0 Å². The van der Waals surface area contributed by atoms with Crippen LogP contribution in [-0.4, -0.2) is 53.7 Å². The third kappa shape index (κ3) is 3.74. The number of rotatable bonds is 4. The molecule has 2 aliphatic rings. The first-order valence-electron chi connectivity index (χ1n) is 9.38. The minimum absolute atomic E-state index is 0.00146. The number of amides is 3. The molecule has 1 aromatic rings. The van der Waals surface area contributed by atoms with E-state index in [-0.39, 0.29) is 36.1 Å². The minimum Gasteiger partial charge on any atom is -0.354 e. The molecule has 0 radical (unpaired) electrons. The lowest BCUT2D eigenvalue weighted by Crippen LogP contribution is -2.48. The summed E-state index contributed by atoms with van der Waals surface area (Å²) in [6, 6.07) is 9.35. The number of carbonyl (C=O) groups excluding carboxylic acids is 3. The van der Waals surface area contributed by atoms with Gasteiger partial charge in [0.15, 0.2) is 0 Å². The molecule has 0 bridgehead atoms. The van der Waals surface area contributed by atoms with Gasteiger partial charge in [0, 0.05) is 26.6 Å². The minimum atomic E-state index is -0.430. The Hall–Kier alpha value is -2.37. The van der Waals surface area contributed by atoms with Crippen molar-refractivity contribution in [2.45, 2.75) is 44.7 Å². The average Bonchev–Trinajstić information content (AvgIpc) is 2.91. The van der Waals surface area contributed by atoms with Crippen molar-refractivity contribution in [3.8, 4) is 0 Å². The van der Waals surface area contributed by atoms with Gasteiger partial charge in [-0.2, -0.15) is 0 Å². The number of nitrogens with one attached hydrogen (secondary N) is 1. The second-order valence-corrected chi connectivity index (χ2v) is 7.29. The average molecular weight is 357 g/mol. The zero-order chi connectivity index (χ0) is 18.7. The Morgan fingerprint density at radius 3 is 2.69 bits per heavy atom. The predicted molar refractivity (Wildman–Crippen MR) is 98.1 cm³/mol. The summed E-state index contributed by atoms with van der Waals surface area (Å²) in [5.74, 6) is -0.575. The van der Waals surface area contributed by atoms with Crippen molar-refractivity contribution >= 4 is 17.7 Å². The van der Waals surface area contributed by atoms with Gasteiger partial charge in [-0.25, -0.2) is 0 Å². The zero-order valence-corrected chi connectivity index (χ0v) is 15.5. The summed E-state index contributed by atoms with van der Waals surface area (Å²) in [7, 11) is 1.69. The first kappa shape index (κ1) is 18.4. The van der Waals surface area contributed by atoms with E-state index >= 15 is 0 Å². The first-order chi connectivity index (χ1) is 12.5. The van der Waals surface area contributed by atoms with Crippen LogP contribution in [0.1, 0.15) is 44.2 Å². The summed E-state index contributed by atoms with van der Waals surface area (Å²) in [4.78, 5) is 41.0. The van der Waals surface area contributed by atoms with Crippen molar-refractivity contribution in [3.05, 3.63) is 35.9 Å². The molecule has 1 N–H and O–H groups in total. The van der Waals surface area contributed by atoms with Gasteiger partial charge in [-0.15, -0.1) is 0 Å². The van der Waals surface area contributed by atoms with Gasteiger partial charge in [0.05, 0.1) is 12.0 Å². The highest BCUT2D eigenvalue weighted by Crippen LogP contribution is 2.29. The molecule has 6 heteroatoms. The Balaban J connectivity index is 1.67. The summed E-state index contributed by atoms with van der Waals surface area (Å²) in [6.45, 7) is 3.07. The summed E-state index contributed by atoms with van der Waals surface area (Å²) in [6.07, 6.45) is 2.75. The van der Waals surface area contributed by atoms with E-state index in [9.17, 15) is 14.4 Å². The Bertz CT molecular complexity index is 676. The predicted octanol–water partition coefficient (Wildman–Crippen LogP) is 1.72. The van der Waals surface area contributed by atoms with Gasteiger partial charge in [0.1, 0.15) is 6.04 Å². The lowest BCUT2D eigenvalue weighted by atomic mass is 10.0. The molecule has 0 saturated carbocycles. The number of hydrogen-bond donors (Lipinski definition) is 1. The van der Waals surface area contributed by atoms with Crippen molar-refractivity contribution in [2.24, 2.45) is 5.92 Å². The van der Waals surface area contributed by atoms with E-state index in [1.807, 2.05) is 37.3 Å². The quantitative estimate of drug-likeness (QED) is 0.892. The van der Waals surface area contributed by atoms with Crippen LogP contribution < -0.4 is 5.32 Å². The standard InChI is InChI=1S/C20H27N3O3/c1-14(15-8-4-3-5-9-15)23-13-16(12-18(23)24)20(26)22(2)17-10-6-7-11-21-19(17)25/h3-5,8-9,14,16-17H,6-7,10-13H2,1-2H3,(H,21,25). The fraction of sp³-hybridized carbons (Fsp3) is 0.550. The number of likely N-dealkylation sites (tertiary alicyclic amines) is 1. The van der Waals surface area contributed by atoms with Gasteiger partial charge in [-0.1, -0.05) is 30.3 Å². The molecular formula is C20H27N3O3. The molecule has 1 aromatic carbocycles. The van der Waals surface area contributed by atoms with Crippen LogP contribution in [0.2, 0.25) is 0 Å². The number of carbonyl (C=O) groups is 3. The Kier molecular flexibility index (Phi) is 5.59. The van der Waals surface area contributed by atoms with Crippen LogP contribution in [0, 0.1) is 5.92 Å². The zero-order valence-electron chi connectivity index (χ0n) is 15.5. The Morgan fingerprint density at radius 1 is 1.23 bits per heavy atom. The molecule has 2 fully saturated rings. The van der Waals surface area contributed by atoms with Gasteiger partial charge < -0.3 is 15.1 Å². The van der Waals surface area contributed by atoms with Crippen LogP contribution in [0.3, 0.4) is 0 Å². The molecule has 3 unspecified atom stereocenters. The van der Waals surface area contributed by atoms with Crippen molar-refractivity contribution in [1.29, 1.82) is 0 Å². The van der Waals surface area contributed by atoms with Crippen LogP contribution in [0.25, 0.3) is 0 Å². The molecule has 3 rings (SSSR count). The third-order valence-corrected chi connectivity index (χ3v) is 5.58. The largest absolute Gasteiger partial charge is 0.354 e. The van der Waals surface area contributed by atoms with Crippen LogP contribution in [-0.2, 0) is 14.4 Å². The fourth-order valence-corrected chi connectivity index (χ4v) is 3.92.